The summed E-state index contributed by atoms with van der Waals surface area (Å²) in [4.78, 5) is 5.92. The van der Waals surface area contributed by atoms with Gasteiger partial charge in [0, 0.05) is 25.2 Å². The number of nitrogens with zero attached hydrogens (tertiary/aromatic N) is 3. The Balaban J connectivity index is 1.91. The Morgan fingerprint density at radius 1 is 1.65 bits per heavy atom. The molecule has 1 aromatic rings. The molecule has 2 bridgehead atoms. The molecule has 0 saturated carbocycles. The number of halogens is 1. The van der Waals surface area contributed by atoms with Gasteiger partial charge in [0.15, 0.2) is 0 Å². The molecule has 0 spiro atoms. The number of aromatic nitrogens is 1. The van der Waals surface area contributed by atoms with E-state index in [1.165, 1.54) is 6.20 Å². The Bertz CT molecular complexity index is 465. The minimum absolute atomic E-state index is 0.209. The zero-order chi connectivity index (χ0) is 11.8. The van der Waals surface area contributed by atoms with Gasteiger partial charge in [-0.2, -0.15) is 4.39 Å². The minimum atomic E-state index is -0.617. The number of anilines is 1. The van der Waals surface area contributed by atoms with Crippen molar-refractivity contribution in [3.05, 3.63) is 23.8 Å². The van der Waals surface area contributed by atoms with Crippen LogP contribution in [0.2, 0.25) is 0 Å². The quantitative estimate of drug-likeness (QED) is 0.341. The van der Waals surface area contributed by atoms with Gasteiger partial charge in [-0.25, -0.2) is 4.98 Å². The lowest BCUT2D eigenvalue weighted by atomic mass is 10.2. The van der Waals surface area contributed by atoms with Crippen molar-refractivity contribution in [3.63, 3.8) is 0 Å². The van der Waals surface area contributed by atoms with Crippen LogP contribution in [0.4, 0.5) is 10.1 Å². The van der Waals surface area contributed by atoms with Crippen molar-refractivity contribution in [2.45, 2.75) is 18.5 Å². The van der Waals surface area contributed by atoms with E-state index in [0.717, 1.165) is 31.4 Å². The summed E-state index contributed by atoms with van der Waals surface area (Å²) in [5.41, 5.74) is 1.09. The third kappa shape index (κ3) is 1.74. The normalized spacial score (nSPS) is 27.2. The van der Waals surface area contributed by atoms with E-state index in [1.54, 1.807) is 6.07 Å². The molecule has 2 aliphatic heterocycles. The van der Waals surface area contributed by atoms with Crippen LogP contribution in [-0.4, -0.2) is 41.6 Å². The van der Waals surface area contributed by atoms with Gasteiger partial charge in [0.05, 0.1) is 23.7 Å². The van der Waals surface area contributed by atoms with Gasteiger partial charge in [0.1, 0.15) is 0 Å². The topological polar surface area (TPSA) is 60.8 Å². The molecule has 2 aliphatic rings. The van der Waals surface area contributed by atoms with Crippen molar-refractivity contribution < 1.29 is 9.60 Å². The second-order valence-corrected chi connectivity index (χ2v) is 4.47. The number of pyridine rings is 1. The van der Waals surface area contributed by atoms with Crippen LogP contribution in [-0.2, 0) is 0 Å². The fourth-order valence-electron chi connectivity index (χ4n) is 2.64. The highest BCUT2D eigenvalue weighted by atomic mass is 19.1. The van der Waals surface area contributed by atoms with E-state index >= 15 is 0 Å². The largest absolute Gasteiger partial charge is 0.411 e. The zero-order valence-electron chi connectivity index (χ0n) is 9.17. The minimum Gasteiger partial charge on any atom is -0.411 e. The van der Waals surface area contributed by atoms with Crippen molar-refractivity contribution in [1.29, 1.82) is 0 Å². The SMILES string of the molecule is O/N=C\c1cc(N2C[C@H]3C[C@@H]2CN3)cnc1F. The molecular formula is C11H13FN4O. The van der Waals surface area contributed by atoms with Crippen LogP contribution < -0.4 is 10.2 Å². The van der Waals surface area contributed by atoms with Crippen molar-refractivity contribution in [3.8, 4) is 0 Å². The maximum atomic E-state index is 13.3. The van der Waals surface area contributed by atoms with Gasteiger partial charge in [-0.05, 0) is 12.5 Å². The maximum absolute atomic E-state index is 13.3. The highest BCUT2D eigenvalue weighted by molar-refractivity contribution is 5.80. The number of oxime groups is 1. The summed E-state index contributed by atoms with van der Waals surface area (Å²) in [5.74, 6) is -0.617. The van der Waals surface area contributed by atoms with Gasteiger partial charge in [0.2, 0.25) is 5.95 Å². The lowest BCUT2D eigenvalue weighted by molar-refractivity contribution is 0.321. The number of rotatable bonds is 2. The molecule has 3 heterocycles. The molecule has 0 aliphatic carbocycles. The van der Waals surface area contributed by atoms with Gasteiger partial charge in [-0.1, -0.05) is 5.16 Å². The second-order valence-electron chi connectivity index (χ2n) is 4.47. The van der Waals surface area contributed by atoms with Crippen LogP contribution in [0.1, 0.15) is 12.0 Å². The molecule has 6 heteroatoms. The van der Waals surface area contributed by atoms with E-state index in [0.29, 0.717) is 12.1 Å². The highest BCUT2D eigenvalue weighted by Crippen LogP contribution is 2.29. The van der Waals surface area contributed by atoms with E-state index in [-0.39, 0.29) is 5.56 Å². The van der Waals surface area contributed by atoms with E-state index in [1.807, 2.05) is 0 Å². The Labute approximate surface area is 97.9 Å². The summed E-state index contributed by atoms with van der Waals surface area (Å²) < 4.78 is 13.3. The van der Waals surface area contributed by atoms with E-state index in [9.17, 15) is 4.39 Å². The molecule has 5 nitrogen and oxygen atoms in total. The van der Waals surface area contributed by atoms with Crippen LogP contribution in [0.15, 0.2) is 17.4 Å². The highest BCUT2D eigenvalue weighted by Gasteiger charge is 2.37. The first-order valence-corrected chi connectivity index (χ1v) is 5.61. The molecule has 2 fully saturated rings. The summed E-state index contributed by atoms with van der Waals surface area (Å²) in [5, 5.41) is 14.7. The van der Waals surface area contributed by atoms with Gasteiger partial charge in [-0.3, -0.25) is 0 Å². The first-order chi connectivity index (χ1) is 8.28. The van der Waals surface area contributed by atoms with Crippen LogP contribution in [0.5, 0.6) is 0 Å². The average molecular weight is 236 g/mol. The Kier molecular flexibility index (Phi) is 2.44. The second kappa shape index (κ2) is 3.96. The van der Waals surface area contributed by atoms with Crippen LogP contribution in [0, 0.1) is 5.95 Å². The smallest absolute Gasteiger partial charge is 0.221 e. The first kappa shape index (κ1) is 10.5. The fourth-order valence-corrected chi connectivity index (χ4v) is 2.64. The summed E-state index contributed by atoms with van der Waals surface area (Å²) in [6.45, 7) is 1.89. The summed E-state index contributed by atoms with van der Waals surface area (Å²) >= 11 is 0. The van der Waals surface area contributed by atoms with Gasteiger partial charge >= 0.3 is 0 Å². The third-order valence-corrected chi connectivity index (χ3v) is 3.44. The summed E-state index contributed by atoms with van der Waals surface area (Å²) in [6.07, 6.45) is 3.73. The monoisotopic (exact) mass is 236 g/mol. The van der Waals surface area contributed by atoms with E-state index < -0.39 is 5.95 Å². The first-order valence-electron chi connectivity index (χ1n) is 5.61. The summed E-state index contributed by atoms with van der Waals surface area (Å²) in [7, 11) is 0. The average Bonchev–Trinajstić information content (AvgIpc) is 2.94. The van der Waals surface area contributed by atoms with Gasteiger partial charge in [-0.15, -0.1) is 0 Å². The molecule has 90 valence electrons. The molecule has 0 aromatic carbocycles. The molecule has 2 N–H and O–H groups in total. The van der Waals surface area contributed by atoms with E-state index in [2.05, 4.69) is 20.4 Å². The third-order valence-electron chi connectivity index (χ3n) is 3.44. The number of hydrogen-bond donors (Lipinski definition) is 2. The van der Waals surface area contributed by atoms with Crippen molar-refractivity contribution in [2.75, 3.05) is 18.0 Å². The van der Waals surface area contributed by atoms with Crippen LogP contribution in [0.25, 0.3) is 0 Å². The molecule has 3 rings (SSSR count). The number of fused-ring (bicyclic) bond motifs is 2. The lowest BCUT2D eigenvalue weighted by Crippen LogP contribution is -2.43. The Morgan fingerprint density at radius 2 is 2.53 bits per heavy atom. The molecule has 1 aromatic heterocycles. The Hall–Kier alpha value is -1.69. The van der Waals surface area contributed by atoms with Crippen LogP contribution >= 0.6 is 0 Å². The molecule has 2 saturated heterocycles. The predicted molar refractivity (Wildman–Crippen MR) is 61.1 cm³/mol. The van der Waals surface area contributed by atoms with Gasteiger partial charge in [0.25, 0.3) is 0 Å². The van der Waals surface area contributed by atoms with Crippen LogP contribution in [0.3, 0.4) is 0 Å². The predicted octanol–water partition coefficient (Wildman–Crippen LogP) is 0.579. The van der Waals surface area contributed by atoms with Crippen molar-refractivity contribution in [2.24, 2.45) is 5.16 Å². The number of nitrogens with one attached hydrogen (secondary N) is 1. The molecule has 0 radical (unpaired) electrons. The van der Waals surface area contributed by atoms with Crippen molar-refractivity contribution >= 4 is 11.9 Å². The molecule has 17 heavy (non-hydrogen) atoms. The Morgan fingerprint density at radius 3 is 3.18 bits per heavy atom. The number of hydrogen-bond acceptors (Lipinski definition) is 5. The molecular weight excluding hydrogens is 223 g/mol. The summed E-state index contributed by atoms with van der Waals surface area (Å²) in [6, 6.07) is 2.66. The molecule has 0 amide bonds. The van der Waals surface area contributed by atoms with Crippen molar-refractivity contribution in [1.82, 2.24) is 10.3 Å². The van der Waals surface area contributed by atoms with E-state index in [4.69, 9.17) is 5.21 Å². The molecule has 2 atom stereocenters. The molecule has 0 unspecified atom stereocenters. The lowest BCUT2D eigenvalue weighted by Gasteiger charge is -2.29. The maximum Gasteiger partial charge on any atom is 0.221 e. The fraction of sp³-hybridized carbons (Fsp3) is 0.455. The standard InChI is InChI=1S/C11H13FN4O/c12-11-7(3-15-17)1-9(5-14-11)16-6-8-2-10(16)4-13-8/h1,3,5,8,10,13,17H,2,4,6H2/b15-3-/t8-,10-/m1/s1. The zero-order valence-corrected chi connectivity index (χ0v) is 9.17. The number of piperazine rings is 1. The van der Waals surface area contributed by atoms with Gasteiger partial charge < -0.3 is 15.4 Å².